The van der Waals surface area contributed by atoms with Gasteiger partial charge >= 0.3 is 0 Å². The molecule has 1 saturated heterocycles. The first kappa shape index (κ1) is 16.4. The van der Waals surface area contributed by atoms with Crippen LogP contribution in [0.3, 0.4) is 0 Å². The van der Waals surface area contributed by atoms with Gasteiger partial charge in [-0.05, 0) is 31.0 Å². The van der Waals surface area contributed by atoms with E-state index in [2.05, 4.69) is 0 Å². The van der Waals surface area contributed by atoms with Gasteiger partial charge in [0.1, 0.15) is 0 Å². The Morgan fingerprint density at radius 2 is 1.90 bits per heavy atom. The molecule has 1 heterocycles. The van der Waals surface area contributed by atoms with Crippen LogP contribution in [0.5, 0.6) is 0 Å². The van der Waals surface area contributed by atoms with Gasteiger partial charge in [-0.25, -0.2) is 8.42 Å². The van der Waals surface area contributed by atoms with Gasteiger partial charge in [0.05, 0.1) is 10.5 Å². The van der Waals surface area contributed by atoms with Crippen molar-refractivity contribution in [1.29, 1.82) is 0 Å². The first-order valence-corrected chi connectivity index (χ1v) is 8.52. The molecule has 1 aromatic rings. The van der Waals surface area contributed by atoms with Crippen molar-refractivity contribution in [2.75, 3.05) is 26.8 Å². The molecule has 1 fully saturated rings. The highest BCUT2D eigenvalue weighted by Crippen LogP contribution is 2.26. The minimum Gasteiger partial charge on any atom is -0.388 e. The first-order valence-electron chi connectivity index (χ1n) is 7.08. The number of rotatable bonds is 4. The average Bonchev–Trinajstić information content (AvgIpc) is 2.41. The Labute approximate surface area is 126 Å². The van der Waals surface area contributed by atoms with Crippen molar-refractivity contribution in [3.8, 4) is 0 Å². The Morgan fingerprint density at radius 3 is 2.52 bits per heavy atom. The lowest BCUT2D eigenvalue weighted by atomic mass is 9.95. The van der Waals surface area contributed by atoms with Crippen molar-refractivity contribution >= 4 is 10.0 Å². The van der Waals surface area contributed by atoms with Crippen molar-refractivity contribution in [3.05, 3.63) is 29.3 Å². The van der Waals surface area contributed by atoms with E-state index in [-0.39, 0.29) is 6.54 Å². The summed E-state index contributed by atoms with van der Waals surface area (Å²) in [6.45, 7) is 4.67. The summed E-state index contributed by atoms with van der Waals surface area (Å²) in [7, 11) is -2.08. The molecule has 0 saturated carbocycles. The molecule has 6 heteroatoms. The number of benzene rings is 1. The van der Waals surface area contributed by atoms with Crippen LogP contribution < -0.4 is 0 Å². The molecule has 1 aliphatic heterocycles. The van der Waals surface area contributed by atoms with Gasteiger partial charge < -0.3 is 9.84 Å². The topological polar surface area (TPSA) is 66.8 Å². The molecule has 0 radical (unpaired) electrons. The predicted octanol–water partition coefficient (Wildman–Crippen LogP) is 1.47. The van der Waals surface area contributed by atoms with E-state index in [0.29, 0.717) is 36.5 Å². The lowest BCUT2D eigenvalue weighted by Gasteiger charge is -2.35. The van der Waals surface area contributed by atoms with E-state index in [9.17, 15) is 13.5 Å². The summed E-state index contributed by atoms with van der Waals surface area (Å²) in [4.78, 5) is 0.306. The highest BCUT2D eigenvalue weighted by molar-refractivity contribution is 7.89. The van der Waals surface area contributed by atoms with Crippen molar-refractivity contribution in [2.24, 2.45) is 0 Å². The second-order valence-electron chi connectivity index (χ2n) is 5.87. The van der Waals surface area contributed by atoms with E-state index in [1.807, 2.05) is 13.0 Å². The van der Waals surface area contributed by atoms with E-state index in [1.54, 1.807) is 19.1 Å². The summed E-state index contributed by atoms with van der Waals surface area (Å²) in [5.74, 6) is 0. The van der Waals surface area contributed by atoms with Crippen LogP contribution in [-0.2, 0) is 14.8 Å². The fraction of sp³-hybridized carbons (Fsp3) is 0.600. The van der Waals surface area contributed by atoms with Gasteiger partial charge in [-0.1, -0.05) is 12.1 Å². The SMILES string of the molecule is Cc1ccc(C)c(S(=O)(=O)N(C)CC2(O)CCOCC2)c1. The number of nitrogens with zero attached hydrogens (tertiary/aromatic N) is 1. The van der Waals surface area contributed by atoms with Crippen LogP contribution in [0.2, 0.25) is 0 Å². The van der Waals surface area contributed by atoms with Crippen molar-refractivity contribution in [2.45, 2.75) is 37.2 Å². The van der Waals surface area contributed by atoms with E-state index in [4.69, 9.17) is 4.74 Å². The molecule has 118 valence electrons. The van der Waals surface area contributed by atoms with Gasteiger partial charge in [0.25, 0.3) is 0 Å². The zero-order chi connectivity index (χ0) is 15.7. The standard InChI is InChI=1S/C15H23NO4S/c1-12-4-5-13(2)14(10-12)21(18,19)16(3)11-15(17)6-8-20-9-7-15/h4-5,10,17H,6-9,11H2,1-3H3. The molecule has 0 amide bonds. The van der Waals surface area contributed by atoms with E-state index in [0.717, 1.165) is 5.56 Å². The summed E-state index contributed by atoms with van der Waals surface area (Å²) in [5, 5.41) is 10.5. The van der Waals surface area contributed by atoms with E-state index in [1.165, 1.54) is 11.4 Å². The summed E-state index contributed by atoms with van der Waals surface area (Å²) in [5.41, 5.74) is 0.612. The third-order valence-electron chi connectivity index (χ3n) is 3.97. The zero-order valence-electron chi connectivity index (χ0n) is 12.8. The average molecular weight is 313 g/mol. The minimum absolute atomic E-state index is 0.0894. The van der Waals surface area contributed by atoms with Gasteiger partial charge in [-0.15, -0.1) is 0 Å². The number of ether oxygens (including phenoxy) is 1. The van der Waals surface area contributed by atoms with Crippen molar-refractivity contribution < 1.29 is 18.3 Å². The maximum Gasteiger partial charge on any atom is 0.243 e. The van der Waals surface area contributed by atoms with E-state index < -0.39 is 15.6 Å². The second kappa shape index (κ2) is 6.04. The smallest absolute Gasteiger partial charge is 0.243 e. The Bertz CT molecular complexity index is 606. The van der Waals surface area contributed by atoms with Crippen LogP contribution in [0.15, 0.2) is 23.1 Å². The normalized spacial score (nSPS) is 18.9. The molecule has 1 aliphatic rings. The first-order chi connectivity index (χ1) is 9.74. The van der Waals surface area contributed by atoms with Gasteiger partial charge in [0, 0.05) is 39.6 Å². The molecular formula is C15H23NO4S. The molecule has 0 bridgehead atoms. The number of likely N-dealkylation sites (N-methyl/N-ethyl adjacent to an activating group) is 1. The Balaban J connectivity index is 2.24. The molecule has 2 rings (SSSR count). The quantitative estimate of drug-likeness (QED) is 0.914. The Hall–Kier alpha value is -0.950. The molecule has 1 aromatic carbocycles. The van der Waals surface area contributed by atoms with Crippen LogP contribution in [0.4, 0.5) is 0 Å². The van der Waals surface area contributed by atoms with Crippen LogP contribution in [0.1, 0.15) is 24.0 Å². The van der Waals surface area contributed by atoms with Crippen molar-refractivity contribution in [1.82, 2.24) is 4.31 Å². The number of hydrogen-bond acceptors (Lipinski definition) is 4. The molecule has 0 aliphatic carbocycles. The Kier molecular flexibility index (Phi) is 4.72. The largest absolute Gasteiger partial charge is 0.388 e. The number of aliphatic hydroxyl groups is 1. The number of sulfonamides is 1. The van der Waals surface area contributed by atoms with Crippen LogP contribution in [-0.4, -0.2) is 50.2 Å². The third kappa shape index (κ3) is 3.63. The van der Waals surface area contributed by atoms with Crippen molar-refractivity contribution in [3.63, 3.8) is 0 Å². The van der Waals surface area contributed by atoms with Crippen LogP contribution >= 0.6 is 0 Å². The second-order valence-corrected chi connectivity index (χ2v) is 7.88. The molecular weight excluding hydrogens is 290 g/mol. The number of hydrogen-bond donors (Lipinski definition) is 1. The Morgan fingerprint density at radius 1 is 1.29 bits per heavy atom. The van der Waals surface area contributed by atoms with Gasteiger partial charge in [0.2, 0.25) is 10.0 Å². The van der Waals surface area contributed by atoms with Crippen LogP contribution in [0.25, 0.3) is 0 Å². The fourth-order valence-corrected chi connectivity index (χ4v) is 4.12. The molecule has 0 spiro atoms. The minimum atomic E-state index is -3.60. The van der Waals surface area contributed by atoms with Gasteiger partial charge in [-0.3, -0.25) is 0 Å². The molecule has 0 aromatic heterocycles. The summed E-state index contributed by atoms with van der Waals surface area (Å²) in [6.07, 6.45) is 0.916. The summed E-state index contributed by atoms with van der Waals surface area (Å²) in [6, 6.07) is 5.37. The lowest BCUT2D eigenvalue weighted by Crippen LogP contribution is -2.47. The highest BCUT2D eigenvalue weighted by Gasteiger charge is 2.35. The molecule has 1 N–H and O–H groups in total. The predicted molar refractivity (Wildman–Crippen MR) is 80.7 cm³/mol. The highest BCUT2D eigenvalue weighted by atomic mass is 32.2. The summed E-state index contributed by atoms with van der Waals surface area (Å²) < 4.78 is 31.9. The monoisotopic (exact) mass is 313 g/mol. The van der Waals surface area contributed by atoms with Gasteiger partial charge in [0.15, 0.2) is 0 Å². The maximum atomic E-state index is 12.7. The maximum absolute atomic E-state index is 12.7. The van der Waals surface area contributed by atoms with E-state index >= 15 is 0 Å². The molecule has 0 unspecified atom stereocenters. The third-order valence-corrected chi connectivity index (χ3v) is 5.92. The summed E-state index contributed by atoms with van der Waals surface area (Å²) >= 11 is 0. The van der Waals surface area contributed by atoms with Gasteiger partial charge in [-0.2, -0.15) is 4.31 Å². The molecule has 5 nitrogen and oxygen atoms in total. The fourth-order valence-electron chi connectivity index (χ4n) is 2.56. The zero-order valence-corrected chi connectivity index (χ0v) is 13.6. The molecule has 0 atom stereocenters. The molecule has 21 heavy (non-hydrogen) atoms. The number of aryl methyl sites for hydroxylation is 2. The van der Waals surface area contributed by atoms with Crippen LogP contribution in [0, 0.1) is 13.8 Å². The lowest BCUT2D eigenvalue weighted by molar-refractivity contribution is -0.0689.